The van der Waals surface area contributed by atoms with E-state index >= 15 is 0 Å². The molecular weight excluding hydrogens is 338 g/mol. The molecule has 0 saturated carbocycles. The van der Waals surface area contributed by atoms with E-state index in [1.165, 1.54) is 34.8 Å². The average Bonchev–Trinajstić information content (AvgIpc) is 2.74. The smallest absolute Gasteiger partial charge is 0.354 e. The van der Waals surface area contributed by atoms with Gasteiger partial charge in [0.15, 0.2) is 0 Å². The lowest BCUT2D eigenvalue weighted by molar-refractivity contribution is 0.0690. The second kappa shape index (κ2) is 8.78. The van der Waals surface area contributed by atoms with Gasteiger partial charge >= 0.3 is 5.97 Å². The van der Waals surface area contributed by atoms with Crippen LogP contribution in [0.15, 0.2) is 79.0 Å². The molecule has 0 unspecified atom stereocenters. The third kappa shape index (κ3) is 4.59. The molecule has 0 aliphatic carbocycles. The fourth-order valence-corrected chi connectivity index (χ4v) is 2.80. The second-order valence-corrected chi connectivity index (χ2v) is 5.96. The number of para-hydroxylation sites is 1. The highest BCUT2D eigenvalue weighted by molar-refractivity contribution is 5.85. The quantitative estimate of drug-likeness (QED) is 0.736. The molecule has 5 heteroatoms. The van der Waals surface area contributed by atoms with E-state index in [2.05, 4.69) is 70.6 Å². The summed E-state index contributed by atoms with van der Waals surface area (Å²) >= 11 is 0. The molecule has 1 aliphatic rings. The summed E-state index contributed by atoms with van der Waals surface area (Å²) in [5, 5.41) is 8.32. The third-order valence-electron chi connectivity index (χ3n) is 4.18. The van der Waals surface area contributed by atoms with Crippen molar-refractivity contribution in [1.29, 1.82) is 0 Å². The number of hydrogen-bond donors (Lipinski definition) is 2. The molecule has 0 fully saturated rings. The minimum atomic E-state index is -0.990. The lowest BCUT2D eigenvalue weighted by Crippen LogP contribution is -2.20. The lowest BCUT2D eigenvalue weighted by Gasteiger charge is -2.28. The molecule has 3 N–H and O–H groups in total. The van der Waals surface area contributed by atoms with Crippen molar-refractivity contribution in [3.8, 4) is 0 Å². The molecular formula is C22H21N3O2. The Labute approximate surface area is 158 Å². The van der Waals surface area contributed by atoms with Crippen LogP contribution in [0, 0.1) is 0 Å². The van der Waals surface area contributed by atoms with Gasteiger partial charge in [-0.1, -0.05) is 48.6 Å². The van der Waals surface area contributed by atoms with Crippen LogP contribution in [0.1, 0.15) is 21.6 Å². The van der Waals surface area contributed by atoms with Gasteiger partial charge in [-0.3, -0.25) is 0 Å². The van der Waals surface area contributed by atoms with E-state index in [-0.39, 0.29) is 5.69 Å². The Morgan fingerprint density at radius 1 is 1.04 bits per heavy atom. The summed E-state index contributed by atoms with van der Waals surface area (Å²) in [6.45, 7) is 1.51. The zero-order valence-corrected chi connectivity index (χ0v) is 14.8. The summed E-state index contributed by atoms with van der Waals surface area (Å²) in [4.78, 5) is 16.0. The summed E-state index contributed by atoms with van der Waals surface area (Å²) in [5.41, 5.74) is 10.6. The first kappa shape index (κ1) is 18.4. The Kier molecular flexibility index (Phi) is 5.97. The normalized spacial score (nSPS) is 12.0. The number of anilines is 2. The van der Waals surface area contributed by atoms with E-state index < -0.39 is 5.97 Å². The van der Waals surface area contributed by atoms with Gasteiger partial charge in [0.2, 0.25) is 0 Å². The number of fused-ring (bicyclic) bond motifs is 1. The summed E-state index contributed by atoms with van der Waals surface area (Å²) < 4.78 is 0. The van der Waals surface area contributed by atoms with Crippen molar-refractivity contribution in [1.82, 2.24) is 4.98 Å². The summed E-state index contributed by atoms with van der Waals surface area (Å²) in [6, 6.07) is 21.7. The Morgan fingerprint density at radius 2 is 1.78 bits per heavy atom. The topological polar surface area (TPSA) is 79.5 Å². The Bertz CT molecular complexity index is 922. The highest BCUT2D eigenvalue weighted by atomic mass is 16.4. The highest BCUT2D eigenvalue weighted by Crippen LogP contribution is 2.32. The van der Waals surface area contributed by atoms with Crippen molar-refractivity contribution < 1.29 is 9.90 Å². The number of nitrogens with two attached hydrogens (primary N) is 1. The number of carbonyl (C=O) groups is 1. The van der Waals surface area contributed by atoms with Gasteiger partial charge in [-0.25, -0.2) is 9.78 Å². The van der Waals surface area contributed by atoms with Crippen molar-refractivity contribution in [3.05, 3.63) is 95.8 Å². The number of nitrogens with zero attached hydrogens (tertiary/aromatic N) is 2. The molecule has 0 radical (unpaired) electrons. The number of carboxylic acid groups (broad SMARTS) is 1. The van der Waals surface area contributed by atoms with Crippen LogP contribution in [0.2, 0.25) is 0 Å². The van der Waals surface area contributed by atoms with Gasteiger partial charge in [-0.05, 0) is 41.5 Å². The first-order valence-electron chi connectivity index (χ1n) is 8.65. The van der Waals surface area contributed by atoms with E-state index in [1.54, 1.807) is 12.1 Å². The number of benzene rings is 2. The van der Waals surface area contributed by atoms with Gasteiger partial charge in [-0.15, -0.1) is 0 Å². The standard InChI is InChI=1S/C16H16N2.C6H5NO2/c17-12-13-7-9-15(10-8-13)18-11-3-5-14-4-1-2-6-16(14)18;8-6(9)5-3-1-2-4-7-5/h1-10H,11-12,17H2;1-4H,(H,8,9). The fourth-order valence-electron chi connectivity index (χ4n) is 2.80. The number of aromatic carboxylic acids is 1. The SMILES string of the molecule is NCc1ccc(N2CC=Cc3ccccc32)cc1.O=C(O)c1ccccn1. The van der Waals surface area contributed by atoms with Crippen LogP contribution in [0.25, 0.3) is 6.08 Å². The molecule has 1 aliphatic heterocycles. The number of pyridine rings is 1. The fraction of sp³-hybridized carbons (Fsp3) is 0.0909. The minimum absolute atomic E-state index is 0.0810. The van der Waals surface area contributed by atoms with Gasteiger partial charge in [0.25, 0.3) is 0 Å². The summed E-state index contributed by atoms with van der Waals surface area (Å²) in [6.07, 6.45) is 5.82. The van der Waals surface area contributed by atoms with E-state index in [1.807, 2.05) is 0 Å². The second-order valence-electron chi connectivity index (χ2n) is 5.96. The van der Waals surface area contributed by atoms with Crippen molar-refractivity contribution in [2.45, 2.75) is 6.54 Å². The summed E-state index contributed by atoms with van der Waals surface area (Å²) in [7, 11) is 0. The molecule has 136 valence electrons. The van der Waals surface area contributed by atoms with E-state index in [0.717, 1.165) is 6.54 Å². The lowest BCUT2D eigenvalue weighted by atomic mass is 10.1. The van der Waals surface area contributed by atoms with Crippen LogP contribution < -0.4 is 10.6 Å². The van der Waals surface area contributed by atoms with Crippen molar-refractivity contribution in [2.75, 3.05) is 11.4 Å². The molecule has 2 heterocycles. The van der Waals surface area contributed by atoms with Crippen LogP contribution in [0.4, 0.5) is 11.4 Å². The maximum Gasteiger partial charge on any atom is 0.354 e. The van der Waals surface area contributed by atoms with E-state index in [9.17, 15) is 4.79 Å². The largest absolute Gasteiger partial charge is 0.477 e. The Balaban J connectivity index is 0.000000197. The van der Waals surface area contributed by atoms with Crippen LogP contribution in [0.3, 0.4) is 0 Å². The third-order valence-corrected chi connectivity index (χ3v) is 4.18. The first-order chi connectivity index (χ1) is 13.2. The van der Waals surface area contributed by atoms with Crippen molar-refractivity contribution >= 4 is 23.4 Å². The van der Waals surface area contributed by atoms with Crippen molar-refractivity contribution in [3.63, 3.8) is 0 Å². The molecule has 0 spiro atoms. The zero-order valence-electron chi connectivity index (χ0n) is 14.8. The van der Waals surface area contributed by atoms with Crippen molar-refractivity contribution in [2.24, 2.45) is 5.73 Å². The van der Waals surface area contributed by atoms with E-state index in [0.29, 0.717) is 6.54 Å². The minimum Gasteiger partial charge on any atom is -0.477 e. The Morgan fingerprint density at radius 3 is 2.41 bits per heavy atom. The van der Waals surface area contributed by atoms with Crippen LogP contribution in [-0.4, -0.2) is 22.6 Å². The monoisotopic (exact) mass is 359 g/mol. The van der Waals surface area contributed by atoms with Gasteiger partial charge in [0, 0.05) is 30.7 Å². The first-order valence-corrected chi connectivity index (χ1v) is 8.65. The van der Waals surface area contributed by atoms with Crippen LogP contribution in [0.5, 0.6) is 0 Å². The molecule has 3 aromatic rings. The number of aromatic nitrogens is 1. The van der Waals surface area contributed by atoms with Gasteiger partial charge in [0.05, 0.1) is 0 Å². The number of rotatable bonds is 3. The maximum absolute atomic E-state index is 10.1. The molecule has 0 bridgehead atoms. The maximum atomic E-state index is 10.1. The molecule has 4 rings (SSSR count). The molecule has 0 atom stereocenters. The number of hydrogen-bond acceptors (Lipinski definition) is 4. The average molecular weight is 359 g/mol. The molecule has 0 amide bonds. The van der Waals surface area contributed by atoms with Gasteiger partial charge in [0.1, 0.15) is 5.69 Å². The predicted octanol–water partition coefficient (Wildman–Crippen LogP) is 4.09. The summed E-state index contributed by atoms with van der Waals surface area (Å²) in [5.74, 6) is -0.990. The molecule has 1 aromatic heterocycles. The van der Waals surface area contributed by atoms with Gasteiger partial charge in [-0.2, -0.15) is 0 Å². The highest BCUT2D eigenvalue weighted by Gasteiger charge is 2.13. The molecule has 2 aromatic carbocycles. The van der Waals surface area contributed by atoms with E-state index in [4.69, 9.17) is 10.8 Å². The molecule has 5 nitrogen and oxygen atoms in total. The number of carboxylic acids is 1. The van der Waals surface area contributed by atoms with Crippen LogP contribution >= 0.6 is 0 Å². The zero-order chi connectivity index (χ0) is 19.1. The van der Waals surface area contributed by atoms with Crippen LogP contribution in [-0.2, 0) is 6.54 Å². The molecule has 27 heavy (non-hydrogen) atoms. The van der Waals surface area contributed by atoms with Gasteiger partial charge < -0.3 is 15.7 Å². The predicted molar refractivity (Wildman–Crippen MR) is 108 cm³/mol. The molecule has 0 saturated heterocycles. The Hall–Kier alpha value is -3.44.